The number of morpholine rings is 1. The van der Waals surface area contributed by atoms with Crippen molar-refractivity contribution < 1.29 is 9.53 Å². The minimum Gasteiger partial charge on any atom is -0.379 e. The van der Waals surface area contributed by atoms with E-state index in [2.05, 4.69) is 25.8 Å². The molecule has 0 radical (unpaired) electrons. The smallest absolute Gasteiger partial charge is 0.278 e. The van der Waals surface area contributed by atoms with Crippen LogP contribution in [0.5, 0.6) is 0 Å². The molecule has 5 nitrogen and oxygen atoms in total. The van der Waals surface area contributed by atoms with Crippen LogP contribution in [0.1, 0.15) is 11.1 Å². The van der Waals surface area contributed by atoms with Crippen LogP contribution in [-0.2, 0) is 9.53 Å². The van der Waals surface area contributed by atoms with Crippen LogP contribution < -0.4 is 4.90 Å². The highest BCUT2D eigenvalue weighted by Crippen LogP contribution is 2.31. The number of fused-ring (bicyclic) bond motifs is 1. The highest BCUT2D eigenvalue weighted by molar-refractivity contribution is 9.10. The molecule has 0 bridgehead atoms. The van der Waals surface area contributed by atoms with E-state index in [-0.39, 0.29) is 5.91 Å². The van der Waals surface area contributed by atoms with Crippen LogP contribution in [0.2, 0.25) is 0 Å². The fraction of sp³-hybridized carbons (Fsp3) is 0.300. The third-order valence-electron chi connectivity index (χ3n) is 4.73. The third kappa shape index (κ3) is 3.32. The molecule has 0 atom stereocenters. The average molecular weight is 414 g/mol. The third-order valence-corrected chi connectivity index (χ3v) is 5.62. The number of carbonyl (C=O) groups excluding carboxylic acids is 1. The first-order valence-corrected chi connectivity index (χ1v) is 9.49. The quantitative estimate of drug-likeness (QED) is 0.772. The van der Waals surface area contributed by atoms with E-state index in [9.17, 15) is 4.79 Å². The van der Waals surface area contributed by atoms with Crippen LogP contribution in [0, 0.1) is 6.92 Å². The van der Waals surface area contributed by atoms with E-state index in [1.54, 1.807) is 0 Å². The Labute approximate surface area is 161 Å². The number of aliphatic imine (C=N–C) groups is 1. The molecule has 26 heavy (non-hydrogen) atoms. The highest BCUT2D eigenvalue weighted by atomic mass is 79.9. The van der Waals surface area contributed by atoms with Crippen LogP contribution in [0.15, 0.2) is 51.9 Å². The monoisotopic (exact) mass is 413 g/mol. The van der Waals surface area contributed by atoms with Crippen molar-refractivity contribution in [3.63, 3.8) is 0 Å². The summed E-state index contributed by atoms with van der Waals surface area (Å²) >= 11 is 3.51. The van der Waals surface area contributed by atoms with Crippen molar-refractivity contribution in [2.75, 3.05) is 37.9 Å². The second-order valence-corrected chi connectivity index (χ2v) is 7.37. The first-order valence-electron chi connectivity index (χ1n) is 8.70. The molecule has 6 heteroatoms. The number of ether oxygens (including phenoxy) is 1. The first-order chi connectivity index (χ1) is 12.6. The summed E-state index contributed by atoms with van der Waals surface area (Å²) in [4.78, 5) is 21.9. The average Bonchev–Trinajstić information content (AvgIpc) is 2.92. The first kappa shape index (κ1) is 17.4. The molecule has 2 aliphatic rings. The number of aryl methyl sites for hydroxylation is 1. The molecule has 2 aromatic carbocycles. The van der Waals surface area contributed by atoms with E-state index in [0.29, 0.717) is 25.6 Å². The fourth-order valence-electron chi connectivity index (χ4n) is 3.28. The minimum absolute atomic E-state index is 0.0433. The SMILES string of the molecule is Cc1cc(N=C2C(=O)N(CN3CCOCC3)c3ccccc32)ccc1Br. The van der Waals surface area contributed by atoms with E-state index in [1.807, 2.05) is 54.3 Å². The summed E-state index contributed by atoms with van der Waals surface area (Å²) in [6.45, 7) is 5.68. The molecule has 0 aliphatic carbocycles. The number of hydrogen-bond donors (Lipinski definition) is 0. The maximum atomic E-state index is 13.1. The zero-order valence-electron chi connectivity index (χ0n) is 14.6. The predicted molar refractivity (Wildman–Crippen MR) is 106 cm³/mol. The number of amides is 1. The lowest BCUT2D eigenvalue weighted by Gasteiger charge is -2.30. The summed E-state index contributed by atoms with van der Waals surface area (Å²) < 4.78 is 6.44. The molecule has 4 rings (SSSR count). The van der Waals surface area contributed by atoms with Crippen LogP contribution in [0.25, 0.3) is 0 Å². The Bertz CT molecular complexity index is 875. The van der Waals surface area contributed by atoms with Gasteiger partial charge in [0.25, 0.3) is 5.91 Å². The molecular formula is C20H20BrN3O2. The predicted octanol–water partition coefficient (Wildman–Crippen LogP) is 3.51. The molecule has 2 aliphatic heterocycles. The van der Waals surface area contributed by atoms with Gasteiger partial charge in [-0.15, -0.1) is 0 Å². The normalized spacial score (nSPS) is 19.2. The van der Waals surface area contributed by atoms with Crippen molar-refractivity contribution >= 4 is 38.9 Å². The summed E-state index contributed by atoms with van der Waals surface area (Å²) in [6, 6.07) is 13.7. The Hall–Kier alpha value is -2.02. The highest BCUT2D eigenvalue weighted by Gasteiger charge is 2.34. The van der Waals surface area contributed by atoms with Gasteiger partial charge < -0.3 is 4.74 Å². The Balaban J connectivity index is 1.68. The molecule has 134 valence electrons. The van der Waals surface area contributed by atoms with Gasteiger partial charge in [-0.05, 0) is 36.8 Å². The van der Waals surface area contributed by atoms with Gasteiger partial charge in [0.15, 0.2) is 0 Å². The fourth-order valence-corrected chi connectivity index (χ4v) is 3.53. The molecular weight excluding hydrogens is 394 g/mol. The number of halogens is 1. The summed E-state index contributed by atoms with van der Waals surface area (Å²) in [5.41, 5.74) is 4.21. The lowest BCUT2D eigenvalue weighted by Crippen LogP contribution is -2.45. The molecule has 1 fully saturated rings. The Morgan fingerprint density at radius 2 is 1.92 bits per heavy atom. The number of para-hydroxylation sites is 1. The zero-order chi connectivity index (χ0) is 18.1. The maximum absolute atomic E-state index is 13.1. The molecule has 1 amide bonds. The molecule has 0 saturated carbocycles. The molecule has 1 saturated heterocycles. The number of nitrogens with zero attached hydrogens (tertiary/aromatic N) is 3. The van der Waals surface area contributed by atoms with Gasteiger partial charge in [-0.1, -0.05) is 34.1 Å². The Morgan fingerprint density at radius 3 is 2.69 bits per heavy atom. The molecule has 0 aromatic heterocycles. The zero-order valence-corrected chi connectivity index (χ0v) is 16.2. The van der Waals surface area contributed by atoms with Gasteiger partial charge in [0.05, 0.1) is 31.3 Å². The Kier molecular flexibility index (Phi) is 4.89. The number of hydrogen-bond acceptors (Lipinski definition) is 4. The van der Waals surface area contributed by atoms with Gasteiger partial charge in [-0.2, -0.15) is 0 Å². The molecule has 0 spiro atoms. The van der Waals surface area contributed by atoms with Crippen LogP contribution in [0.4, 0.5) is 11.4 Å². The Morgan fingerprint density at radius 1 is 1.15 bits per heavy atom. The van der Waals surface area contributed by atoms with Gasteiger partial charge in [0.1, 0.15) is 5.71 Å². The van der Waals surface area contributed by atoms with Gasteiger partial charge in [0.2, 0.25) is 0 Å². The van der Waals surface area contributed by atoms with Crippen LogP contribution in [-0.4, -0.2) is 49.5 Å². The van der Waals surface area contributed by atoms with E-state index in [1.165, 1.54) is 0 Å². The van der Waals surface area contributed by atoms with Crippen molar-refractivity contribution in [1.29, 1.82) is 0 Å². The molecule has 0 unspecified atom stereocenters. The van der Waals surface area contributed by atoms with Gasteiger partial charge >= 0.3 is 0 Å². The van der Waals surface area contributed by atoms with Crippen molar-refractivity contribution in [2.45, 2.75) is 6.92 Å². The summed E-state index contributed by atoms with van der Waals surface area (Å²) in [5, 5.41) is 0. The second-order valence-electron chi connectivity index (χ2n) is 6.52. The lowest BCUT2D eigenvalue weighted by atomic mass is 10.1. The van der Waals surface area contributed by atoms with Crippen molar-refractivity contribution in [1.82, 2.24) is 4.90 Å². The number of benzene rings is 2. The molecule has 2 aromatic rings. The molecule has 2 heterocycles. The topological polar surface area (TPSA) is 45.1 Å². The number of carbonyl (C=O) groups is 1. The standard InChI is InChI=1S/C20H20BrN3O2/c1-14-12-15(6-7-17(14)21)22-19-16-4-2-3-5-18(16)24(20(19)25)13-23-8-10-26-11-9-23/h2-7,12H,8-11,13H2,1H3. The molecule has 0 N–H and O–H groups in total. The maximum Gasteiger partial charge on any atom is 0.278 e. The summed E-state index contributed by atoms with van der Waals surface area (Å²) in [5.74, 6) is -0.0433. The van der Waals surface area contributed by atoms with Crippen molar-refractivity contribution in [2.24, 2.45) is 4.99 Å². The largest absolute Gasteiger partial charge is 0.379 e. The minimum atomic E-state index is -0.0433. The second kappa shape index (κ2) is 7.31. The lowest BCUT2D eigenvalue weighted by molar-refractivity contribution is -0.112. The van der Waals surface area contributed by atoms with Crippen LogP contribution in [0.3, 0.4) is 0 Å². The van der Waals surface area contributed by atoms with E-state index < -0.39 is 0 Å². The van der Waals surface area contributed by atoms with Gasteiger partial charge in [-0.3, -0.25) is 14.6 Å². The summed E-state index contributed by atoms with van der Waals surface area (Å²) in [6.07, 6.45) is 0. The summed E-state index contributed by atoms with van der Waals surface area (Å²) in [7, 11) is 0. The van der Waals surface area contributed by atoms with E-state index in [4.69, 9.17) is 4.74 Å². The van der Waals surface area contributed by atoms with E-state index >= 15 is 0 Å². The van der Waals surface area contributed by atoms with Crippen LogP contribution >= 0.6 is 15.9 Å². The van der Waals surface area contributed by atoms with Crippen molar-refractivity contribution in [3.8, 4) is 0 Å². The number of anilines is 1. The van der Waals surface area contributed by atoms with Crippen molar-refractivity contribution in [3.05, 3.63) is 58.1 Å². The van der Waals surface area contributed by atoms with Gasteiger partial charge in [-0.25, -0.2) is 4.99 Å². The van der Waals surface area contributed by atoms with E-state index in [0.717, 1.165) is 40.1 Å². The number of rotatable bonds is 3. The van der Waals surface area contributed by atoms with Gasteiger partial charge in [0, 0.05) is 23.1 Å².